The van der Waals surface area contributed by atoms with Crippen molar-refractivity contribution in [3.8, 4) is 0 Å². The van der Waals surface area contributed by atoms with Gasteiger partial charge in [-0.15, -0.1) is 11.3 Å². The lowest BCUT2D eigenvalue weighted by Crippen LogP contribution is -2.34. The molecule has 0 aliphatic carbocycles. The van der Waals surface area contributed by atoms with E-state index < -0.39 is 0 Å². The summed E-state index contributed by atoms with van der Waals surface area (Å²) in [5, 5.41) is 8.63. The zero-order valence-electron chi connectivity index (χ0n) is 14.2. The average Bonchev–Trinajstić information content (AvgIpc) is 2.92. The van der Waals surface area contributed by atoms with E-state index in [1.54, 1.807) is 6.08 Å². The van der Waals surface area contributed by atoms with Crippen molar-refractivity contribution in [2.45, 2.75) is 19.9 Å². The van der Waals surface area contributed by atoms with Crippen LogP contribution >= 0.6 is 11.3 Å². The SMILES string of the molecule is C=C/C=C(\C)c1ccc2c(ccc3sc4c(c32)NC[C@@H](C)NC4=O)n1. The van der Waals surface area contributed by atoms with Gasteiger partial charge in [0.05, 0.1) is 16.9 Å². The first-order valence-electron chi connectivity index (χ1n) is 8.29. The Hall–Kier alpha value is -2.66. The van der Waals surface area contributed by atoms with Gasteiger partial charge in [-0.1, -0.05) is 18.7 Å². The summed E-state index contributed by atoms with van der Waals surface area (Å²) >= 11 is 1.53. The van der Waals surface area contributed by atoms with Gasteiger partial charge in [0, 0.05) is 28.1 Å². The number of rotatable bonds is 2. The first-order valence-corrected chi connectivity index (χ1v) is 9.11. The summed E-state index contributed by atoms with van der Waals surface area (Å²) in [6.07, 6.45) is 3.73. The van der Waals surface area contributed by atoms with Crippen LogP contribution in [-0.4, -0.2) is 23.5 Å². The van der Waals surface area contributed by atoms with Gasteiger partial charge in [0.1, 0.15) is 4.88 Å². The van der Waals surface area contributed by atoms with E-state index in [-0.39, 0.29) is 11.9 Å². The normalized spacial score (nSPS) is 17.8. The van der Waals surface area contributed by atoms with Gasteiger partial charge in [0.25, 0.3) is 5.91 Å². The maximum absolute atomic E-state index is 12.5. The highest BCUT2D eigenvalue weighted by Gasteiger charge is 2.24. The molecule has 0 bridgehead atoms. The Morgan fingerprint density at radius 1 is 1.36 bits per heavy atom. The monoisotopic (exact) mass is 349 g/mol. The second-order valence-electron chi connectivity index (χ2n) is 6.35. The topological polar surface area (TPSA) is 54.0 Å². The molecule has 126 valence electrons. The van der Waals surface area contributed by atoms with Crippen molar-refractivity contribution >= 4 is 49.5 Å². The Morgan fingerprint density at radius 2 is 2.20 bits per heavy atom. The van der Waals surface area contributed by atoms with E-state index in [1.165, 1.54) is 11.3 Å². The number of nitrogens with zero attached hydrogens (tertiary/aromatic N) is 1. The number of fused-ring (bicyclic) bond motifs is 5. The van der Waals surface area contributed by atoms with Crippen LogP contribution in [0.3, 0.4) is 0 Å². The van der Waals surface area contributed by atoms with Crippen LogP contribution < -0.4 is 10.6 Å². The van der Waals surface area contributed by atoms with Crippen molar-refractivity contribution in [1.82, 2.24) is 10.3 Å². The number of carbonyl (C=O) groups excluding carboxylic acids is 1. The second kappa shape index (κ2) is 6.01. The Balaban J connectivity index is 1.96. The molecule has 1 aromatic carbocycles. The predicted molar refractivity (Wildman–Crippen MR) is 106 cm³/mol. The zero-order chi connectivity index (χ0) is 17.6. The highest BCUT2D eigenvalue weighted by atomic mass is 32.1. The van der Waals surface area contributed by atoms with Gasteiger partial charge < -0.3 is 10.6 Å². The predicted octanol–water partition coefficient (Wildman–Crippen LogP) is 4.58. The van der Waals surface area contributed by atoms with Gasteiger partial charge in [-0.3, -0.25) is 4.79 Å². The molecule has 1 atom stereocenters. The Labute approximate surface area is 150 Å². The number of amides is 1. The van der Waals surface area contributed by atoms with Crippen molar-refractivity contribution in [3.63, 3.8) is 0 Å². The van der Waals surface area contributed by atoms with Crippen LogP contribution in [0.4, 0.5) is 5.69 Å². The number of hydrogen-bond donors (Lipinski definition) is 2. The van der Waals surface area contributed by atoms with Crippen molar-refractivity contribution < 1.29 is 4.79 Å². The van der Waals surface area contributed by atoms with Gasteiger partial charge in [0.15, 0.2) is 0 Å². The smallest absolute Gasteiger partial charge is 0.263 e. The van der Waals surface area contributed by atoms with Crippen LogP contribution in [0, 0.1) is 0 Å². The van der Waals surface area contributed by atoms with Crippen LogP contribution in [-0.2, 0) is 0 Å². The van der Waals surface area contributed by atoms with Gasteiger partial charge in [-0.05, 0) is 43.7 Å². The lowest BCUT2D eigenvalue weighted by Gasteiger charge is -2.10. The molecular weight excluding hydrogens is 330 g/mol. The molecule has 3 heterocycles. The number of aromatic nitrogens is 1. The molecule has 0 fully saturated rings. The lowest BCUT2D eigenvalue weighted by molar-refractivity contribution is 0.0949. The largest absolute Gasteiger partial charge is 0.381 e. The molecule has 4 rings (SSSR count). The molecule has 1 aliphatic heterocycles. The summed E-state index contributed by atoms with van der Waals surface area (Å²) in [6.45, 7) is 8.49. The number of thiophene rings is 1. The van der Waals surface area contributed by atoms with E-state index in [1.807, 2.05) is 32.1 Å². The summed E-state index contributed by atoms with van der Waals surface area (Å²) in [4.78, 5) is 18.0. The molecule has 0 unspecified atom stereocenters. The van der Waals surface area contributed by atoms with Crippen molar-refractivity contribution in [2.75, 3.05) is 11.9 Å². The minimum absolute atomic E-state index is 0.00353. The number of hydrogen-bond acceptors (Lipinski definition) is 4. The van der Waals surface area contributed by atoms with Gasteiger partial charge in [-0.2, -0.15) is 0 Å². The van der Waals surface area contributed by atoms with Gasteiger partial charge >= 0.3 is 0 Å². The third-order valence-electron chi connectivity index (χ3n) is 4.46. The maximum Gasteiger partial charge on any atom is 0.263 e. The number of pyridine rings is 1. The fourth-order valence-electron chi connectivity index (χ4n) is 3.21. The quantitative estimate of drug-likeness (QED) is 0.666. The summed E-state index contributed by atoms with van der Waals surface area (Å²) in [7, 11) is 0. The maximum atomic E-state index is 12.5. The highest BCUT2D eigenvalue weighted by Crippen LogP contribution is 2.40. The average molecular weight is 349 g/mol. The fraction of sp³-hybridized carbons (Fsp3) is 0.200. The molecule has 0 radical (unpaired) electrons. The lowest BCUT2D eigenvalue weighted by atomic mass is 10.1. The molecule has 3 aromatic rings. The van der Waals surface area contributed by atoms with E-state index in [9.17, 15) is 4.79 Å². The molecule has 4 nitrogen and oxygen atoms in total. The molecule has 0 spiro atoms. The molecule has 1 aliphatic rings. The summed E-state index contributed by atoms with van der Waals surface area (Å²) in [5.41, 5.74) is 3.88. The van der Waals surface area contributed by atoms with Crippen LogP contribution in [0.25, 0.3) is 26.6 Å². The highest BCUT2D eigenvalue weighted by molar-refractivity contribution is 7.21. The Morgan fingerprint density at radius 3 is 3.00 bits per heavy atom. The van der Waals surface area contributed by atoms with Gasteiger partial charge in [-0.25, -0.2) is 4.98 Å². The molecule has 1 amide bonds. The number of allylic oxidation sites excluding steroid dienone is 3. The minimum atomic E-state index is -0.00353. The van der Waals surface area contributed by atoms with E-state index >= 15 is 0 Å². The van der Waals surface area contributed by atoms with Crippen molar-refractivity contribution in [2.24, 2.45) is 0 Å². The molecule has 25 heavy (non-hydrogen) atoms. The first kappa shape index (κ1) is 15.8. The third kappa shape index (κ3) is 2.61. The van der Waals surface area contributed by atoms with E-state index in [4.69, 9.17) is 4.98 Å². The molecule has 5 heteroatoms. The van der Waals surface area contributed by atoms with E-state index in [0.29, 0.717) is 6.54 Å². The number of benzene rings is 1. The van der Waals surface area contributed by atoms with Crippen molar-refractivity contribution in [3.05, 3.63) is 53.6 Å². The van der Waals surface area contributed by atoms with E-state index in [0.717, 1.165) is 42.8 Å². The van der Waals surface area contributed by atoms with Crippen LogP contribution in [0.1, 0.15) is 29.2 Å². The number of anilines is 1. The Kier molecular flexibility index (Phi) is 3.81. The zero-order valence-corrected chi connectivity index (χ0v) is 15.0. The van der Waals surface area contributed by atoms with Crippen LogP contribution in [0.15, 0.2) is 43.0 Å². The fourth-order valence-corrected chi connectivity index (χ4v) is 4.31. The molecule has 2 aromatic heterocycles. The summed E-state index contributed by atoms with van der Waals surface area (Å²) in [5.74, 6) is -0.00353. The molecule has 2 N–H and O–H groups in total. The first-order chi connectivity index (χ1) is 12.1. The Bertz CT molecular complexity index is 1050. The van der Waals surface area contributed by atoms with E-state index in [2.05, 4.69) is 29.3 Å². The third-order valence-corrected chi connectivity index (χ3v) is 5.62. The molecular formula is C20H19N3OS. The minimum Gasteiger partial charge on any atom is -0.381 e. The summed E-state index contributed by atoms with van der Waals surface area (Å²) in [6, 6.07) is 8.31. The van der Waals surface area contributed by atoms with Crippen LogP contribution in [0.2, 0.25) is 0 Å². The summed E-state index contributed by atoms with van der Waals surface area (Å²) < 4.78 is 1.10. The van der Waals surface area contributed by atoms with Crippen LogP contribution in [0.5, 0.6) is 0 Å². The van der Waals surface area contributed by atoms with Crippen molar-refractivity contribution in [1.29, 1.82) is 0 Å². The second-order valence-corrected chi connectivity index (χ2v) is 7.40. The number of nitrogens with one attached hydrogen (secondary N) is 2. The molecule has 0 saturated carbocycles. The van der Waals surface area contributed by atoms with Gasteiger partial charge in [0.2, 0.25) is 0 Å². The number of carbonyl (C=O) groups is 1. The standard InChI is InChI=1S/C20H19N3OS/c1-4-5-11(2)14-7-6-13-15(23-14)8-9-16-17(13)18-19(25-16)20(24)22-12(3)10-21-18/h4-9,12,21H,1,10H2,2-3H3,(H,22,24)/b11-5+/t12-/m1/s1. The molecule has 0 saturated heterocycles.